The first kappa shape index (κ1) is 19.8. The minimum absolute atomic E-state index is 0.0802. The van der Waals surface area contributed by atoms with Crippen molar-refractivity contribution in [3.05, 3.63) is 45.7 Å². The molecule has 0 amide bonds. The number of thiocarbonyl (C=S) groups is 1. The smallest absolute Gasteiger partial charge is 0.253 e. The summed E-state index contributed by atoms with van der Waals surface area (Å²) in [4.78, 5) is 17.6. The van der Waals surface area contributed by atoms with Gasteiger partial charge in [0.05, 0.1) is 19.3 Å². The molecule has 0 aliphatic carbocycles. The van der Waals surface area contributed by atoms with Gasteiger partial charge in [0.1, 0.15) is 0 Å². The van der Waals surface area contributed by atoms with Crippen molar-refractivity contribution < 1.29 is 9.47 Å². The molecule has 27 heavy (non-hydrogen) atoms. The summed E-state index contributed by atoms with van der Waals surface area (Å²) in [5.41, 5.74) is 2.62. The third-order valence-corrected chi connectivity index (χ3v) is 5.16. The molecular formula is C20H27N3O3S. The molecule has 1 fully saturated rings. The first-order chi connectivity index (χ1) is 13.1. The normalized spacial score (nSPS) is 16.6. The van der Waals surface area contributed by atoms with Crippen LogP contribution in [0.1, 0.15) is 24.0 Å². The molecule has 146 valence electrons. The van der Waals surface area contributed by atoms with E-state index in [1.54, 1.807) is 7.11 Å². The van der Waals surface area contributed by atoms with Crippen LogP contribution in [0, 0.1) is 6.92 Å². The number of aromatic amines is 1. The second-order valence-electron chi connectivity index (χ2n) is 6.95. The number of rotatable bonds is 7. The lowest BCUT2D eigenvalue weighted by atomic mass is 10.1. The van der Waals surface area contributed by atoms with Crippen LogP contribution in [0.2, 0.25) is 0 Å². The van der Waals surface area contributed by atoms with E-state index in [4.69, 9.17) is 21.7 Å². The van der Waals surface area contributed by atoms with Crippen molar-refractivity contribution in [2.45, 2.75) is 32.4 Å². The summed E-state index contributed by atoms with van der Waals surface area (Å²) in [6.45, 7) is 5.15. The van der Waals surface area contributed by atoms with Crippen LogP contribution in [-0.2, 0) is 16.0 Å². The van der Waals surface area contributed by atoms with Gasteiger partial charge in [0, 0.05) is 37.9 Å². The van der Waals surface area contributed by atoms with Crippen LogP contribution in [0.25, 0.3) is 10.9 Å². The number of hydrogen-bond acceptors (Lipinski definition) is 4. The molecule has 3 rings (SSSR count). The first-order valence-electron chi connectivity index (χ1n) is 9.32. The molecule has 0 radical (unpaired) electrons. The van der Waals surface area contributed by atoms with Crippen molar-refractivity contribution in [2.24, 2.45) is 0 Å². The maximum absolute atomic E-state index is 12.6. The van der Waals surface area contributed by atoms with E-state index in [2.05, 4.69) is 16.4 Å². The standard InChI is InChI=1S/C20H27N3O3S/c1-14-5-6-18-15(10-14)11-16(19(24)22-18)12-23(13-17-4-3-8-26-17)20(27)21-7-9-25-2/h5-6,10-11,17H,3-4,7-9,12-13H2,1-2H3,(H,21,27)(H,22,24)/t17-/m1/s1. The molecule has 1 atom stereocenters. The number of H-pyrrole nitrogens is 1. The molecule has 1 saturated heterocycles. The molecule has 1 aromatic carbocycles. The number of ether oxygens (including phenoxy) is 2. The Morgan fingerprint density at radius 2 is 2.30 bits per heavy atom. The molecule has 2 heterocycles. The zero-order valence-corrected chi connectivity index (χ0v) is 16.7. The SMILES string of the molecule is COCCNC(=S)N(Cc1cc2cc(C)ccc2[nH]c1=O)C[C@H]1CCCO1. The molecule has 1 aromatic heterocycles. The second-order valence-corrected chi connectivity index (χ2v) is 7.34. The molecule has 0 spiro atoms. The van der Waals surface area contributed by atoms with E-state index in [1.165, 1.54) is 0 Å². The van der Waals surface area contributed by atoms with Crippen molar-refractivity contribution in [1.82, 2.24) is 15.2 Å². The molecule has 0 saturated carbocycles. The Bertz CT molecular complexity index is 846. The quantitative estimate of drug-likeness (QED) is 0.560. The maximum atomic E-state index is 12.6. The van der Waals surface area contributed by atoms with Crippen LogP contribution < -0.4 is 10.9 Å². The fraction of sp³-hybridized carbons (Fsp3) is 0.500. The number of fused-ring (bicyclic) bond motifs is 1. The molecule has 2 aromatic rings. The fourth-order valence-corrected chi connectivity index (χ4v) is 3.56. The Labute approximate surface area is 164 Å². The van der Waals surface area contributed by atoms with Gasteiger partial charge in [-0.3, -0.25) is 4.79 Å². The molecule has 1 aliphatic rings. The topological polar surface area (TPSA) is 66.6 Å². The average Bonchev–Trinajstić information content (AvgIpc) is 3.15. The Morgan fingerprint density at radius 3 is 3.04 bits per heavy atom. The first-order valence-corrected chi connectivity index (χ1v) is 9.73. The number of aryl methyl sites for hydroxylation is 1. The fourth-order valence-electron chi connectivity index (χ4n) is 3.32. The number of aromatic nitrogens is 1. The van der Waals surface area contributed by atoms with Crippen LogP contribution in [0.5, 0.6) is 0 Å². The molecule has 7 heteroatoms. The van der Waals surface area contributed by atoms with E-state index in [-0.39, 0.29) is 11.7 Å². The minimum atomic E-state index is -0.0802. The van der Waals surface area contributed by atoms with Crippen molar-refractivity contribution >= 4 is 28.2 Å². The Morgan fingerprint density at radius 1 is 1.44 bits per heavy atom. The molecule has 0 unspecified atom stereocenters. The van der Waals surface area contributed by atoms with Gasteiger partial charge in [-0.25, -0.2) is 0 Å². The monoisotopic (exact) mass is 389 g/mol. The van der Waals surface area contributed by atoms with E-state index in [9.17, 15) is 4.79 Å². The van der Waals surface area contributed by atoms with E-state index < -0.39 is 0 Å². The minimum Gasteiger partial charge on any atom is -0.383 e. The number of nitrogens with zero attached hydrogens (tertiary/aromatic N) is 1. The van der Waals surface area contributed by atoms with Crippen LogP contribution in [0.15, 0.2) is 29.1 Å². The second kappa shape index (κ2) is 9.30. The lowest BCUT2D eigenvalue weighted by Crippen LogP contribution is -2.44. The van der Waals surface area contributed by atoms with Gasteiger partial charge in [0.15, 0.2) is 5.11 Å². The molecule has 0 bridgehead atoms. The maximum Gasteiger partial charge on any atom is 0.253 e. The van der Waals surface area contributed by atoms with Gasteiger partial charge in [0.2, 0.25) is 0 Å². The van der Waals surface area contributed by atoms with Crippen molar-refractivity contribution in [3.8, 4) is 0 Å². The lowest BCUT2D eigenvalue weighted by Gasteiger charge is -2.28. The van der Waals surface area contributed by atoms with E-state index in [0.717, 1.165) is 35.9 Å². The lowest BCUT2D eigenvalue weighted by molar-refractivity contribution is 0.0895. The molecular weight excluding hydrogens is 362 g/mol. The van der Waals surface area contributed by atoms with Crippen LogP contribution in [-0.4, -0.2) is 54.5 Å². The van der Waals surface area contributed by atoms with E-state index >= 15 is 0 Å². The summed E-state index contributed by atoms with van der Waals surface area (Å²) in [5.74, 6) is 0. The van der Waals surface area contributed by atoms with Gasteiger partial charge in [-0.2, -0.15) is 0 Å². The van der Waals surface area contributed by atoms with Crippen LogP contribution >= 0.6 is 12.2 Å². The van der Waals surface area contributed by atoms with Crippen molar-refractivity contribution in [3.63, 3.8) is 0 Å². The number of benzene rings is 1. The highest BCUT2D eigenvalue weighted by molar-refractivity contribution is 7.80. The number of hydrogen-bond donors (Lipinski definition) is 2. The average molecular weight is 390 g/mol. The van der Waals surface area contributed by atoms with Crippen molar-refractivity contribution in [2.75, 3.05) is 33.4 Å². The molecule has 2 N–H and O–H groups in total. The summed E-state index contributed by atoms with van der Waals surface area (Å²) in [5, 5.41) is 4.85. The molecule has 1 aliphatic heterocycles. The summed E-state index contributed by atoms with van der Waals surface area (Å²) >= 11 is 5.57. The molecule has 6 nitrogen and oxygen atoms in total. The van der Waals surface area contributed by atoms with Gasteiger partial charge in [-0.15, -0.1) is 0 Å². The third kappa shape index (κ3) is 5.28. The Hall–Kier alpha value is -1.96. The third-order valence-electron chi connectivity index (χ3n) is 4.76. The van der Waals surface area contributed by atoms with E-state index in [0.29, 0.717) is 36.9 Å². The van der Waals surface area contributed by atoms with Gasteiger partial charge in [0.25, 0.3) is 5.56 Å². The highest BCUT2D eigenvalue weighted by atomic mass is 32.1. The predicted octanol–water partition coefficient (Wildman–Crippen LogP) is 2.34. The predicted molar refractivity (Wildman–Crippen MR) is 111 cm³/mol. The number of methoxy groups -OCH3 is 1. The summed E-state index contributed by atoms with van der Waals surface area (Å²) < 4.78 is 10.9. The van der Waals surface area contributed by atoms with Gasteiger partial charge in [-0.1, -0.05) is 11.6 Å². The summed E-state index contributed by atoms with van der Waals surface area (Å²) in [7, 11) is 1.66. The highest BCUT2D eigenvalue weighted by Crippen LogP contribution is 2.17. The van der Waals surface area contributed by atoms with Gasteiger partial charge >= 0.3 is 0 Å². The number of nitrogens with one attached hydrogen (secondary N) is 2. The summed E-state index contributed by atoms with van der Waals surface area (Å²) in [6, 6.07) is 7.98. The zero-order valence-electron chi connectivity index (χ0n) is 15.9. The Balaban J connectivity index is 1.81. The summed E-state index contributed by atoms with van der Waals surface area (Å²) in [6.07, 6.45) is 2.23. The zero-order chi connectivity index (χ0) is 19.2. The number of pyridine rings is 1. The van der Waals surface area contributed by atoms with Crippen molar-refractivity contribution in [1.29, 1.82) is 0 Å². The van der Waals surface area contributed by atoms with E-state index in [1.807, 2.05) is 30.0 Å². The largest absolute Gasteiger partial charge is 0.383 e. The van der Waals surface area contributed by atoms with Gasteiger partial charge in [-0.05, 0) is 55.6 Å². The highest BCUT2D eigenvalue weighted by Gasteiger charge is 2.22. The Kier molecular flexibility index (Phi) is 6.82. The van der Waals surface area contributed by atoms with Gasteiger partial charge < -0.3 is 24.7 Å². The van der Waals surface area contributed by atoms with Crippen LogP contribution in [0.3, 0.4) is 0 Å². The van der Waals surface area contributed by atoms with Crippen LogP contribution in [0.4, 0.5) is 0 Å².